The van der Waals surface area contributed by atoms with Crippen molar-refractivity contribution >= 4 is 22.7 Å². The van der Waals surface area contributed by atoms with E-state index in [0.29, 0.717) is 18.1 Å². The molecule has 140 valence electrons. The summed E-state index contributed by atoms with van der Waals surface area (Å²) in [5.41, 5.74) is 5.79. The molecule has 0 bridgehead atoms. The number of thiazole rings is 1. The molecule has 0 unspecified atom stereocenters. The molecule has 0 fully saturated rings. The van der Waals surface area contributed by atoms with Crippen LogP contribution in [-0.4, -0.2) is 25.4 Å². The third kappa shape index (κ3) is 5.21. The van der Waals surface area contributed by atoms with Gasteiger partial charge in [-0.1, -0.05) is 12.1 Å². The van der Waals surface area contributed by atoms with Gasteiger partial charge in [0.25, 0.3) is 0 Å². The smallest absolute Gasteiger partial charge is 0.203 e. The fourth-order valence-electron chi connectivity index (χ4n) is 2.37. The lowest BCUT2D eigenvalue weighted by molar-refractivity contribution is 0.284. The summed E-state index contributed by atoms with van der Waals surface area (Å²) in [6, 6.07) is 13.4. The van der Waals surface area contributed by atoms with Crippen LogP contribution in [0.1, 0.15) is 16.8 Å². The van der Waals surface area contributed by atoms with Crippen molar-refractivity contribution in [2.24, 2.45) is 5.10 Å². The number of nitrogens with one attached hydrogen (secondary N) is 1. The lowest BCUT2D eigenvalue weighted by Gasteiger charge is -2.12. The standard InChI is InChI=1S/C20H21N3O3S/c1-14-13-27-20(22-14)23-21-11-15-7-8-18(19(10-15)25-3)26-12-16-5-4-6-17(9-16)24-2/h4-11,13H,12H2,1-3H3,(H,22,23). The van der Waals surface area contributed by atoms with E-state index in [4.69, 9.17) is 14.2 Å². The van der Waals surface area contributed by atoms with Gasteiger partial charge >= 0.3 is 0 Å². The Morgan fingerprint density at radius 2 is 2.00 bits per heavy atom. The minimum absolute atomic E-state index is 0.423. The molecular weight excluding hydrogens is 362 g/mol. The second kappa shape index (κ2) is 9.05. The molecule has 0 saturated carbocycles. The first-order valence-electron chi connectivity index (χ1n) is 8.33. The van der Waals surface area contributed by atoms with Crippen LogP contribution in [0.15, 0.2) is 52.9 Å². The van der Waals surface area contributed by atoms with Gasteiger partial charge in [0.05, 0.1) is 26.1 Å². The van der Waals surface area contributed by atoms with Gasteiger partial charge in [-0.25, -0.2) is 4.98 Å². The summed E-state index contributed by atoms with van der Waals surface area (Å²) < 4.78 is 16.6. The van der Waals surface area contributed by atoms with Crippen molar-refractivity contribution in [2.45, 2.75) is 13.5 Å². The minimum atomic E-state index is 0.423. The third-order valence-electron chi connectivity index (χ3n) is 3.71. The number of hydrogen-bond acceptors (Lipinski definition) is 7. The molecule has 1 aromatic heterocycles. The third-order valence-corrected chi connectivity index (χ3v) is 4.57. The summed E-state index contributed by atoms with van der Waals surface area (Å²) in [5.74, 6) is 2.12. The fraction of sp³-hybridized carbons (Fsp3) is 0.200. The zero-order valence-corrected chi connectivity index (χ0v) is 16.2. The van der Waals surface area contributed by atoms with Crippen LogP contribution < -0.4 is 19.6 Å². The lowest BCUT2D eigenvalue weighted by Crippen LogP contribution is -1.99. The molecule has 0 aliphatic rings. The molecule has 1 N–H and O–H groups in total. The van der Waals surface area contributed by atoms with Crippen LogP contribution in [0.25, 0.3) is 0 Å². The molecular formula is C20H21N3O3S. The highest BCUT2D eigenvalue weighted by molar-refractivity contribution is 7.13. The molecule has 2 aromatic carbocycles. The topological polar surface area (TPSA) is 65.0 Å². The molecule has 0 radical (unpaired) electrons. The van der Waals surface area contributed by atoms with Crippen molar-refractivity contribution in [3.05, 3.63) is 64.7 Å². The Labute approximate surface area is 162 Å². The Morgan fingerprint density at radius 3 is 2.74 bits per heavy atom. The summed E-state index contributed by atoms with van der Waals surface area (Å²) in [4.78, 5) is 4.30. The van der Waals surface area contributed by atoms with E-state index < -0.39 is 0 Å². The molecule has 3 aromatic rings. The molecule has 0 spiro atoms. The summed E-state index contributed by atoms with van der Waals surface area (Å²) in [7, 11) is 3.26. The van der Waals surface area contributed by atoms with Crippen LogP contribution in [-0.2, 0) is 6.61 Å². The minimum Gasteiger partial charge on any atom is -0.497 e. The molecule has 27 heavy (non-hydrogen) atoms. The van der Waals surface area contributed by atoms with Crippen LogP contribution in [0.4, 0.5) is 5.13 Å². The van der Waals surface area contributed by atoms with Gasteiger partial charge in [0.1, 0.15) is 12.4 Å². The molecule has 3 rings (SSSR count). The molecule has 7 heteroatoms. The summed E-state index contributed by atoms with van der Waals surface area (Å²) in [6.07, 6.45) is 1.71. The maximum Gasteiger partial charge on any atom is 0.203 e. The predicted octanol–water partition coefficient (Wildman–Crippen LogP) is 4.49. The Kier molecular flexibility index (Phi) is 6.27. The monoisotopic (exact) mass is 383 g/mol. The van der Waals surface area contributed by atoms with Crippen molar-refractivity contribution in [1.29, 1.82) is 0 Å². The number of anilines is 1. The number of rotatable bonds is 8. The fourth-order valence-corrected chi connectivity index (χ4v) is 3.01. The van der Waals surface area contributed by atoms with Crippen molar-refractivity contribution < 1.29 is 14.2 Å². The van der Waals surface area contributed by atoms with E-state index >= 15 is 0 Å². The summed E-state index contributed by atoms with van der Waals surface area (Å²) >= 11 is 1.51. The maximum absolute atomic E-state index is 5.90. The van der Waals surface area contributed by atoms with Gasteiger partial charge in [-0.2, -0.15) is 5.10 Å². The van der Waals surface area contributed by atoms with Crippen LogP contribution >= 0.6 is 11.3 Å². The predicted molar refractivity (Wildman–Crippen MR) is 108 cm³/mol. The van der Waals surface area contributed by atoms with E-state index in [1.165, 1.54) is 11.3 Å². The number of methoxy groups -OCH3 is 2. The number of aryl methyl sites for hydroxylation is 1. The van der Waals surface area contributed by atoms with Gasteiger partial charge in [0.2, 0.25) is 5.13 Å². The number of hydrazone groups is 1. The van der Waals surface area contributed by atoms with Crippen LogP contribution in [0, 0.1) is 6.92 Å². The van der Waals surface area contributed by atoms with Gasteiger partial charge < -0.3 is 14.2 Å². The second-order valence-corrected chi connectivity index (χ2v) is 6.57. The second-order valence-electron chi connectivity index (χ2n) is 5.71. The van der Waals surface area contributed by atoms with Gasteiger partial charge in [-0.3, -0.25) is 5.43 Å². The molecule has 1 heterocycles. The number of ether oxygens (including phenoxy) is 3. The van der Waals surface area contributed by atoms with E-state index in [1.54, 1.807) is 20.4 Å². The van der Waals surface area contributed by atoms with E-state index in [1.807, 2.05) is 54.8 Å². The van der Waals surface area contributed by atoms with Crippen LogP contribution in [0.2, 0.25) is 0 Å². The normalized spacial score (nSPS) is 10.8. The first-order valence-corrected chi connectivity index (χ1v) is 9.21. The average molecular weight is 383 g/mol. The molecule has 0 amide bonds. The molecule has 0 aliphatic carbocycles. The number of benzene rings is 2. The highest BCUT2D eigenvalue weighted by atomic mass is 32.1. The molecule has 0 atom stereocenters. The average Bonchev–Trinajstić information content (AvgIpc) is 3.12. The van der Waals surface area contributed by atoms with Crippen molar-refractivity contribution in [3.63, 3.8) is 0 Å². The largest absolute Gasteiger partial charge is 0.497 e. The van der Waals surface area contributed by atoms with E-state index in [0.717, 1.165) is 27.7 Å². The molecule has 0 saturated heterocycles. The Hall–Kier alpha value is -3.06. The number of hydrogen-bond donors (Lipinski definition) is 1. The SMILES string of the molecule is COc1cccc(COc2ccc(C=NNc3nc(C)cs3)cc2OC)c1. The van der Waals surface area contributed by atoms with Crippen molar-refractivity contribution in [3.8, 4) is 17.2 Å². The summed E-state index contributed by atoms with van der Waals surface area (Å²) in [5, 5.41) is 6.93. The lowest BCUT2D eigenvalue weighted by atomic mass is 10.2. The quantitative estimate of drug-likeness (QED) is 0.458. The van der Waals surface area contributed by atoms with Gasteiger partial charge in [0.15, 0.2) is 11.5 Å². The van der Waals surface area contributed by atoms with Crippen molar-refractivity contribution in [2.75, 3.05) is 19.6 Å². The van der Waals surface area contributed by atoms with Gasteiger partial charge in [0, 0.05) is 5.38 Å². The highest BCUT2D eigenvalue weighted by Gasteiger charge is 2.06. The zero-order valence-electron chi connectivity index (χ0n) is 15.4. The van der Waals surface area contributed by atoms with E-state index in [-0.39, 0.29) is 0 Å². The summed E-state index contributed by atoms with van der Waals surface area (Å²) in [6.45, 7) is 2.37. The van der Waals surface area contributed by atoms with E-state index in [9.17, 15) is 0 Å². The zero-order chi connectivity index (χ0) is 19.1. The van der Waals surface area contributed by atoms with Crippen LogP contribution in [0.5, 0.6) is 17.2 Å². The number of aromatic nitrogens is 1. The van der Waals surface area contributed by atoms with E-state index in [2.05, 4.69) is 15.5 Å². The Morgan fingerprint density at radius 1 is 1.11 bits per heavy atom. The highest BCUT2D eigenvalue weighted by Crippen LogP contribution is 2.28. The Bertz CT molecular complexity index is 924. The van der Waals surface area contributed by atoms with Crippen LogP contribution in [0.3, 0.4) is 0 Å². The molecule has 0 aliphatic heterocycles. The maximum atomic E-state index is 5.90. The van der Waals surface area contributed by atoms with Crippen molar-refractivity contribution in [1.82, 2.24) is 4.98 Å². The van der Waals surface area contributed by atoms with Gasteiger partial charge in [-0.05, 0) is 48.4 Å². The number of nitrogens with zero attached hydrogens (tertiary/aromatic N) is 2. The molecule has 6 nitrogen and oxygen atoms in total. The first-order chi connectivity index (χ1) is 13.2. The van der Waals surface area contributed by atoms with Gasteiger partial charge in [-0.15, -0.1) is 11.3 Å². The first kappa shape index (κ1) is 18.7. The Balaban J connectivity index is 1.64.